The molecule has 0 radical (unpaired) electrons. The van der Waals surface area contributed by atoms with Gasteiger partial charge in [0.05, 0.1) is 6.04 Å². The van der Waals surface area contributed by atoms with Gasteiger partial charge in [0.25, 0.3) is 0 Å². The van der Waals surface area contributed by atoms with Gasteiger partial charge in [0.15, 0.2) is 5.17 Å². The zero-order valence-corrected chi connectivity index (χ0v) is 12.9. The molecule has 17 heavy (non-hydrogen) atoms. The van der Waals surface area contributed by atoms with Gasteiger partial charge in [0, 0.05) is 17.8 Å². The van der Waals surface area contributed by atoms with Gasteiger partial charge < -0.3 is 10.2 Å². The third kappa shape index (κ3) is 5.30. The molecular weight excluding hydrogens is 230 g/mol. The summed E-state index contributed by atoms with van der Waals surface area (Å²) >= 11 is 1.86. The van der Waals surface area contributed by atoms with Crippen LogP contribution >= 0.6 is 11.8 Å². The maximum absolute atomic E-state index is 4.90. The Morgan fingerprint density at radius 3 is 2.53 bits per heavy atom. The molecule has 0 amide bonds. The van der Waals surface area contributed by atoms with E-state index in [4.69, 9.17) is 4.99 Å². The molecule has 1 heterocycles. The minimum atomic E-state index is 0.198. The molecule has 0 spiro atoms. The van der Waals surface area contributed by atoms with E-state index in [1.165, 1.54) is 12.2 Å². The van der Waals surface area contributed by atoms with Crippen LogP contribution < -0.4 is 5.32 Å². The third-order valence-electron chi connectivity index (χ3n) is 3.02. The molecule has 0 aromatic carbocycles. The van der Waals surface area contributed by atoms with Crippen LogP contribution in [0.3, 0.4) is 0 Å². The first-order valence-electron chi connectivity index (χ1n) is 6.44. The van der Waals surface area contributed by atoms with Crippen LogP contribution in [-0.4, -0.2) is 48.0 Å². The van der Waals surface area contributed by atoms with E-state index in [1.807, 2.05) is 11.8 Å². The lowest BCUT2D eigenvalue weighted by atomic mass is 10.0. The molecule has 1 saturated heterocycles. The lowest BCUT2D eigenvalue weighted by molar-refractivity contribution is 0.331. The number of thioether (sulfide) groups is 1. The van der Waals surface area contributed by atoms with Crippen LogP contribution in [0.15, 0.2) is 4.99 Å². The number of likely N-dealkylation sites (N-methyl/N-ethyl adjacent to an activating group) is 1. The molecule has 3 nitrogen and oxygen atoms in total. The van der Waals surface area contributed by atoms with Crippen LogP contribution in [0.4, 0.5) is 0 Å². The molecular formula is C13H27N3S. The summed E-state index contributed by atoms with van der Waals surface area (Å²) in [5, 5.41) is 4.67. The molecule has 100 valence electrons. The smallest absolute Gasteiger partial charge is 0.157 e. The third-order valence-corrected chi connectivity index (χ3v) is 3.91. The van der Waals surface area contributed by atoms with Crippen molar-refractivity contribution in [3.63, 3.8) is 0 Å². The van der Waals surface area contributed by atoms with Crippen molar-refractivity contribution in [3.05, 3.63) is 0 Å². The Kier molecular flexibility index (Phi) is 5.32. The fourth-order valence-electron chi connectivity index (χ4n) is 1.79. The summed E-state index contributed by atoms with van der Waals surface area (Å²) in [5.41, 5.74) is 0.198. The van der Waals surface area contributed by atoms with Crippen molar-refractivity contribution in [3.8, 4) is 0 Å². The largest absolute Gasteiger partial charge is 0.360 e. The standard InChI is InChI=1S/C13H27N3S/c1-10(2)11(9-16(5)6)14-12-15-13(3,4)7-8-17-12/h10-11H,7-9H2,1-6H3,(H,14,15). The van der Waals surface area contributed by atoms with Gasteiger partial charge in [-0.1, -0.05) is 25.6 Å². The summed E-state index contributed by atoms with van der Waals surface area (Å²) in [6.45, 7) is 10.0. The number of nitrogens with zero attached hydrogens (tertiary/aromatic N) is 2. The van der Waals surface area contributed by atoms with Gasteiger partial charge in [0.1, 0.15) is 0 Å². The summed E-state index contributed by atoms with van der Waals surface area (Å²) in [7, 11) is 4.22. The zero-order chi connectivity index (χ0) is 13.1. The first-order valence-corrected chi connectivity index (χ1v) is 7.42. The van der Waals surface area contributed by atoms with Gasteiger partial charge in [-0.25, -0.2) is 0 Å². The average Bonchev–Trinajstić information content (AvgIpc) is 2.14. The summed E-state index contributed by atoms with van der Waals surface area (Å²) in [6.07, 6.45) is 1.21. The van der Waals surface area contributed by atoms with Crippen molar-refractivity contribution in [2.45, 2.75) is 45.7 Å². The predicted octanol–water partition coefficient (Wildman–Crippen LogP) is 2.43. The van der Waals surface area contributed by atoms with Crippen molar-refractivity contribution in [2.75, 3.05) is 26.4 Å². The topological polar surface area (TPSA) is 27.6 Å². The van der Waals surface area contributed by atoms with E-state index < -0.39 is 0 Å². The quantitative estimate of drug-likeness (QED) is 0.838. The van der Waals surface area contributed by atoms with Crippen LogP contribution in [0.1, 0.15) is 34.1 Å². The van der Waals surface area contributed by atoms with E-state index >= 15 is 0 Å². The van der Waals surface area contributed by atoms with Gasteiger partial charge in [0.2, 0.25) is 0 Å². The molecule has 0 aromatic rings. The molecule has 0 bridgehead atoms. The highest BCUT2D eigenvalue weighted by Gasteiger charge is 2.25. The molecule has 1 unspecified atom stereocenters. The first-order chi connectivity index (χ1) is 7.80. The second kappa shape index (κ2) is 6.10. The average molecular weight is 257 g/mol. The van der Waals surface area contributed by atoms with Gasteiger partial charge in [-0.15, -0.1) is 0 Å². The van der Waals surface area contributed by atoms with Gasteiger partial charge >= 0.3 is 0 Å². The summed E-state index contributed by atoms with van der Waals surface area (Å²) < 4.78 is 0. The maximum atomic E-state index is 4.90. The fraction of sp³-hybridized carbons (Fsp3) is 0.923. The van der Waals surface area contributed by atoms with Crippen molar-refractivity contribution >= 4 is 16.9 Å². The van der Waals surface area contributed by atoms with Gasteiger partial charge in [-0.2, -0.15) is 0 Å². The van der Waals surface area contributed by atoms with E-state index in [-0.39, 0.29) is 5.54 Å². The second-order valence-electron chi connectivity index (χ2n) is 6.12. The molecule has 1 aliphatic rings. The van der Waals surface area contributed by atoms with Crippen LogP contribution in [-0.2, 0) is 0 Å². The second-order valence-corrected chi connectivity index (χ2v) is 7.20. The molecule has 0 aliphatic carbocycles. The number of nitrogens with one attached hydrogen (secondary N) is 1. The molecule has 1 fully saturated rings. The SMILES string of the molecule is CC(C)C(CN(C)C)N=C1NC(C)(C)CCS1. The summed E-state index contributed by atoms with van der Waals surface area (Å²) in [5.74, 6) is 1.75. The Bertz CT molecular complexity index is 272. The fourth-order valence-corrected chi connectivity index (χ4v) is 3.15. The monoisotopic (exact) mass is 257 g/mol. The minimum Gasteiger partial charge on any atom is -0.360 e. The van der Waals surface area contributed by atoms with Crippen molar-refractivity contribution in [1.82, 2.24) is 10.2 Å². The number of hydrogen-bond donors (Lipinski definition) is 1. The van der Waals surface area contributed by atoms with Crippen LogP contribution in [0, 0.1) is 5.92 Å². The summed E-state index contributed by atoms with van der Waals surface area (Å²) in [4.78, 5) is 7.11. The predicted molar refractivity (Wildman–Crippen MR) is 78.9 cm³/mol. The molecule has 1 N–H and O–H groups in total. The van der Waals surface area contributed by atoms with Crippen LogP contribution in [0.2, 0.25) is 0 Å². The zero-order valence-electron chi connectivity index (χ0n) is 12.1. The Morgan fingerprint density at radius 2 is 2.06 bits per heavy atom. The number of amidine groups is 1. The molecule has 1 aliphatic heterocycles. The molecule has 0 saturated carbocycles. The van der Waals surface area contributed by atoms with Crippen molar-refractivity contribution in [1.29, 1.82) is 0 Å². The molecule has 0 aromatic heterocycles. The number of aliphatic imine (C=N–C) groups is 1. The van der Waals surface area contributed by atoms with Crippen molar-refractivity contribution in [2.24, 2.45) is 10.9 Å². The molecule has 1 atom stereocenters. The Morgan fingerprint density at radius 1 is 1.41 bits per heavy atom. The van der Waals surface area contributed by atoms with E-state index in [2.05, 4.69) is 52.0 Å². The van der Waals surface area contributed by atoms with E-state index in [1.54, 1.807) is 0 Å². The highest BCUT2D eigenvalue weighted by Crippen LogP contribution is 2.22. The van der Waals surface area contributed by atoms with Crippen LogP contribution in [0.25, 0.3) is 0 Å². The maximum Gasteiger partial charge on any atom is 0.157 e. The highest BCUT2D eigenvalue weighted by molar-refractivity contribution is 8.13. The lowest BCUT2D eigenvalue weighted by Gasteiger charge is -2.33. The lowest BCUT2D eigenvalue weighted by Crippen LogP contribution is -2.47. The number of hydrogen-bond acceptors (Lipinski definition) is 3. The Balaban J connectivity index is 2.69. The van der Waals surface area contributed by atoms with Gasteiger partial charge in [-0.05, 0) is 40.3 Å². The van der Waals surface area contributed by atoms with Gasteiger partial charge in [-0.3, -0.25) is 4.99 Å². The Labute approximate surface area is 110 Å². The van der Waals surface area contributed by atoms with Crippen LogP contribution in [0.5, 0.6) is 0 Å². The van der Waals surface area contributed by atoms with E-state index in [9.17, 15) is 0 Å². The van der Waals surface area contributed by atoms with Crippen molar-refractivity contribution < 1.29 is 0 Å². The van der Waals surface area contributed by atoms with E-state index in [0.717, 1.165) is 11.7 Å². The number of rotatable bonds is 4. The summed E-state index contributed by atoms with van der Waals surface area (Å²) in [6, 6.07) is 0.383. The molecule has 4 heteroatoms. The normalized spacial score (nSPS) is 24.1. The first kappa shape index (κ1) is 14.8. The molecule has 1 rings (SSSR count). The van der Waals surface area contributed by atoms with E-state index in [0.29, 0.717) is 12.0 Å². The minimum absolute atomic E-state index is 0.198. The Hall–Kier alpha value is -0.220. The highest BCUT2D eigenvalue weighted by atomic mass is 32.2.